The number of nitrogens with zero attached hydrogens (tertiary/aromatic N) is 4. The minimum atomic E-state index is -4.56. The number of aromatic nitrogens is 4. The highest BCUT2D eigenvalue weighted by Gasteiger charge is 2.31. The van der Waals surface area contributed by atoms with Crippen LogP contribution < -0.4 is 10.9 Å². The normalized spacial score (nSPS) is 11.3. The summed E-state index contributed by atoms with van der Waals surface area (Å²) >= 11 is 0. The van der Waals surface area contributed by atoms with Crippen LogP contribution in [0.25, 0.3) is 5.69 Å². The summed E-state index contributed by atoms with van der Waals surface area (Å²) in [6.07, 6.45) is -1.98. The third-order valence-electron chi connectivity index (χ3n) is 3.63. The molecule has 0 fully saturated rings. The average molecular weight is 376 g/mol. The third-order valence-corrected chi connectivity index (χ3v) is 3.63. The summed E-state index contributed by atoms with van der Waals surface area (Å²) in [5, 5.41) is 4.20. The van der Waals surface area contributed by atoms with Gasteiger partial charge in [0.15, 0.2) is 0 Å². The van der Waals surface area contributed by atoms with E-state index in [4.69, 9.17) is 0 Å². The van der Waals surface area contributed by atoms with E-state index in [-0.39, 0.29) is 17.1 Å². The maximum absolute atomic E-state index is 13.3. The van der Waals surface area contributed by atoms with Gasteiger partial charge in [-0.05, 0) is 44.2 Å². The molecule has 3 rings (SSSR count). The first-order valence-corrected chi connectivity index (χ1v) is 7.82. The molecule has 0 unspecified atom stereocenters. The van der Waals surface area contributed by atoms with Crippen LogP contribution in [0.2, 0.25) is 0 Å². The number of nitrogens with one attached hydrogen (secondary N) is 2. The zero-order chi connectivity index (χ0) is 19.6. The van der Waals surface area contributed by atoms with E-state index in [1.807, 2.05) is 0 Å². The average Bonchev–Trinajstić information content (AvgIpc) is 2.97. The lowest BCUT2D eigenvalue weighted by molar-refractivity contribution is -0.137. The van der Waals surface area contributed by atoms with Crippen LogP contribution in [0.15, 0.2) is 42.9 Å². The molecule has 0 saturated carbocycles. The lowest BCUT2D eigenvalue weighted by Gasteiger charge is -2.15. The monoisotopic (exact) mass is 376 g/mol. The molecule has 0 atom stereocenters. The van der Waals surface area contributed by atoms with Gasteiger partial charge in [-0.25, -0.2) is 14.6 Å². The van der Waals surface area contributed by atoms with E-state index in [9.17, 15) is 18.0 Å². The van der Waals surface area contributed by atoms with E-state index in [0.29, 0.717) is 11.4 Å². The van der Waals surface area contributed by atoms with Crippen molar-refractivity contribution in [3.8, 4) is 5.69 Å². The Morgan fingerprint density at radius 1 is 1.15 bits per heavy atom. The number of benzene rings is 1. The van der Waals surface area contributed by atoms with E-state index in [0.717, 1.165) is 12.1 Å². The summed E-state index contributed by atoms with van der Waals surface area (Å²) < 4.78 is 41.2. The quantitative estimate of drug-likeness (QED) is 0.684. The Kier molecular flexibility index (Phi) is 4.80. The van der Waals surface area contributed by atoms with Gasteiger partial charge in [-0.2, -0.15) is 18.3 Å². The lowest BCUT2D eigenvalue weighted by Crippen LogP contribution is -2.30. The van der Waals surface area contributed by atoms with E-state index in [2.05, 4.69) is 25.9 Å². The number of hydrogen-bond acceptors (Lipinski definition) is 5. The number of anilines is 1. The van der Waals surface area contributed by atoms with Gasteiger partial charge >= 0.3 is 6.18 Å². The molecule has 10 heteroatoms. The maximum Gasteiger partial charge on any atom is 0.416 e. The van der Waals surface area contributed by atoms with Crippen LogP contribution in [-0.2, 0) is 6.18 Å². The number of aryl methyl sites for hydroxylation is 2. The maximum atomic E-state index is 13.3. The summed E-state index contributed by atoms with van der Waals surface area (Å²) in [4.78, 5) is 19.5. The molecule has 0 radical (unpaired) electrons. The van der Waals surface area contributed by atoms with Gasteiger partial charge in [0.1, 0.15) is 12.0 Å². The van der Waals surface area contributed by atoms with Crippen LogP contribution in [-0.4, -0.2) is 25.7 Å². The fourth-order valence-electron chi connectivity index (χ4n) is 2.48. The highest BCUT2D eigenvalue weighted by Crippen LogP contribution is 2.33. The highest BCUT2D eigenvalue weighted by molar-refractivity contribution is 5.92. The van der Waals surface area contributed by atoms with E-state index in [1.54, 1.807) is 19.9 Å². The molecule has 7 nitrogen and oxygen atoms in total. The lowest BCUT2D eigenvalue weighted by atomic mass is 10.1. The topological polar surface area (TPSA) is 84.7 Å². The number of alkyl halides is 3. The predicted molar refractivity (Wildman–Crippen MR) is 91.2 cm³/mol. The Labute approximate surface area is 152 Å². The van der Waals surface area contributed by atoms with Gasteiger partial charge in [-0.1, -0.05) is 0 Å². The number of carbonyl (C=O) groups is 1. The SMILES string of the molecule is Cc1cc(C)n(-c2cc(NNC(=O)c3ccncn3)cc(C(F)(F)F)c2)n1. The van der Waals surface area contributed by atoms with Gasteiger partial charge in [0.05, 0.1) is 22.6 Å². The van der Waals surface area contributed by atoms with Gasteiger partial charge in [-0.3, -0.25) is 15.6 Å². The first-order chi connectivity index (χ1) is 12.7. The van der Waals surface area contributed by atoms with Gasteiger partial charge in [0.25, 0.3) is 5.91 Å². The van der Waals surface area contributed by atoms with Crippen LogP contribution in [0.3, 0.4) is 0 Å². The van der Waals surface area contributed by atoms with Crippen molar-refractivity contribution in [3.05, 3.63) is 65.5 Å². The molecule has 27 heavy (non-hydrogen) atoms. The Hall–Kier alpha value is -3.43. The van der Waals surface area contributed by atoms with Crippen LogP contribution >= 0.6 is 0 Å². The second-order valence-electron chi connectivity index (χ2n) is 5.78. The fraction of sp³-hybridized carbons (Fsp3) is 0.176. The highest BCUT2D eigenvalue weighted by atomic mass is 19.4. The largest absolute Gasteiger partial charge is 0.416 e. The summed E-state index contributed by atoms with van der Waals surface area (Å²) in [7, 11) is 0. The van der Waals surface area contributed by atoms with Crippen LogP contribution in [0, 0.1) is 13.8 Å². The smallest absolute Gasteiger partial charge is 0.298 e. The first kappa shape index (κ1) is 18.4. The first-order valence-electron chi connectivity index (χ1n) is 7.82. The number of halogens is 3. The molecule has 1 amide bonds. The summed E-state index contributed by atoms with van der Waals surface area (Å²) in [6, 6.07) is 6.48. The summed E-state index contributed by atoms with van der Waals surface area (Å²) in [5.41, 5.74) is 5.64. The molecule has 3 aromatic rings. The minimum absolute atomic E-state index is 0.0507. The summed E-state index contributed by atoms with van der Waals surface area (Å²) in [5.74, 6) is -0.609. The van der Waals surface area contributed by atoms with Crippen LogP contribution in [0.5, 0.6) is 0 Å². The molecule has 1 aromatic carbocycles. The van der Waals surface area contributed by atoms with Crippen LogP contribution in [0.4, 0.5) is 18.9 Å². The number of rotatable bonds is 4. The van der Waals surface area contributed by atoms with Crippen molar-refractivity contribution in [1.82, 2.24) is 25.2 Å². The third kappa shape index (κ3) is 4.22. The van der Waals surface area contributed by atoms with Crippen molar-refractivity contribution >= 4 is 11.6 Å². The number of amides is 1. The molecule has 2 heterocycles. The van der Waals surface area contributed by atoms with Crippen molar-refractivity contribution in [2.75, 3.05) is 5.43 Å². The molecule has 140 valence electrons. The second kappa shape index (κ2) is 7.06. The molecular formula is C17H15F3N6O. The van der Waals surface area contributed by atoms with Gasteiger partial charge in [-0.15, -0.1) is 0 Å². The predicted octanol–water partition coefficient (Wildman–Crippen LogP) is 3.05. The zero-order valence-corrected chi connectivity index (χ0v) is 14.4. The molecular weight excluding hydrogens is 361 g/mol. The Bertz CT molecular complexity index is 969. The molecule has 0 saturated heterocycles. The van der Waals surface area contributed by atoms with Crippen molar-refractivity contribution < 1.29 is 18.0 Å². The number of hydrazine groups is 1. The Balaban J connectivity index is 1.91. The zero-order valence-electron chi connectivity index (χ0n) is 14.4. The van der Waals surface area contributed by atoms with Gasteiger partial charge < -0.3 is 0 Å². The van der Waals surface area contributed by atoms with Gasteiger partial charge in [0, 0.05) is 11.9 Å². The Morgan fingerprint density at radius 3 is 2.52 bits per heavy atom. The molecule has 2 aromatic heterocycles. The van der Waals surface area contributed by atoms with Crippen molar-refractivity contribution in [2.24, 2.45) is 0 Å². The van der Waals surface area contributed by atoms with E-state index >= 15 is 0 Å². The molecule has 0 aliphatic rings. The van der Waals surface area contributed by atoms with Crippen molar-refractivity contribution in [2.45, 2.75) is 20.0 Å². The van der Waals surface area contributed by atoms with E-state index in [1.165, 1.54) is 29.3 Å². The van der Waals surface area contributed by atoms with Gasteiger partial charge in [0.2, 0.25) is 0 Å². The molecule has 2 N–H and O–H groups in total. The molecule has 0 aliphatic carbocycles. The standard InChI is InChI=1S/C17H15F3N6O/c1-10-5-11(2)26(25-10)14-7-12(17(18,19)20)6-13(8-14)23-24-16(27)15-3-4-21-9-22-15/h3-9,23H,1-2H3,(H,24,27). The Morgan fingerprint density at radius 2 is 1.93 bits per heavy atom. The molecule has 0 bridgehead atoms. The number of carbonyl (C=O) groups excluding carboxylic acids is 1. The molecule has 0 aliphatic heterocycles. The van der Waals surface area contributed by atoms with Crippen molar-refractivity contribution in [1.29, 1.82) is 0 Å². The summed E-state index contributed by atoms with van der Waals surface area (Å²) in [6.45, 7) is 3.49. The van der Waals surface area contributed by atoms with Crippen molar-refractivity contribution in [3.63, 3.8) is 0 Å². The second-order valence-corrected chi connectivity index (χ2v) is 5.78. The number of hydrogen-bond donors (Lipinski definition) is 2. The molecule has 0 spiro atoms. The minimum Gasteiger partial charge on any atom is -0.298 e. The fourth-order valence-corrected chi connectivity index (χ4v) is 2.48. The van der Waals surface area contributed by atoms with Crippen LogP contribution in [0.1, 0.15) is 27.4 Å². The van der Waals surface area contributed by atoms with E-state index < -0.39 is 17.6 Å².